The molecule has 9 heteroatoms. The molecule has 2 aromatic rings. The smallest absolute Gasteiger partial charge is 0.292 e. The molecule has 0 N–H and O–H groups in total. The van der Waals surface area contributed by atoms with Crippen molar-refractivity contribution in [1.29, 1.82) is 5.26 Å². The molecule has 0 spiro atoms. The zero-order chi connectivity index (χ0) is 18.8. The fraction of sp³-hybridized carbons (Fsp3) is 0.188. The van der Waals surface area contributed by atoms with E-state index in [1.807, 2.05) is 0 Å². The van der Waals surface area contributed by atoms with Gasteiger partial charge in [0.25, 0.3) is 5.69 Å². The first kappa shape index (κ1) is 18.1. The second kappa shape index (κ2) is 6.68. The second-order valence-corrected chi connectivity index (χ2v) is 5.10. The molecule has 0 saturated heterocycles. The number of aromatic nitrogens is 1. The summed E-state index contributed by atoms with van der Waals surface area (Å²) in [6.45, 7) is 1.36. The van der Waals surface area contributed by atoms with Crippen LogP contribution in [0.25, 0.3) is 0 Å². The number of benzene rings is 1. The van der Waals surface area contributed by atoms with Crippen LogP contribution in [0.15, 0.2) is 36.5 Å². The molecule has 0 bridgehead atoms. The molecule has 0 aliphatic rings. The quantitative estimate of drug-likeness (QED) is 0.475. The van der Waals surface area contributed by atoms with Gasteiger partial charge in [0.2, 0.25) is 0 Å². The SMILES string of the molecule is Cc1c(C(=O)[C@H](C#N)c2ccc(C(F)(F)F)cn2)cccc1[N+](=O)[O-]. The highest BCUT2D eigenvalue weighted by atomic mass is 19.4. The van der Waals surface area contributed by atoms with Gasteiger partial charge < -0.3 is 0 Å². The lowest BCUT2D eigenvalue weighted by Gasteiger charge is -2.11. The van der Waals surface area contributed by atoms with Gasteiger partial charge in [-0.05, 0) is 19.1 Å². The van der Waals surface area contributed by atoms with E-state index in [0.717, 1.165) is 12.1 Å². The highest BCUT2D eigenvalue weighted by Crippen LogP contribution is 2.30. The number of hydrogen-bond acceptors (Lipinski definition) is 5. The molecule has 0 fully saturated rings. The highest BCUT2D eigenvalue weighted by molar-refractivity contribution is 6.04. The molecule has 0 amide bonds. The van der Waals surface area contributed by atoms with Crippen molar-refractivity contribution < 1.29 is 22.9 Å². The Labute approximate surface area is 139 Å². The summed E-state index contributed by atoms with van der Waals surface area (Å²) >= 11 is 0. The fourth-order valence-electron chi connectivity index (χ4n) is 2.25. The number of nitro benzene ring substituents is 1. The van der Waals surface area contributed by atoms with Crippen molar-refractivity contribution in [1.82, 2.24) is 4.98 Å². The van der Waals surface area contributed by atoms with Crippen LogP contribution in [0.4, 0.5) is 18.9 Å². The molecule has 25 heavy (non-hydrogen) atoms. The first-order valence-electron chi connectivity index (χ1n) is 6.87. The normalized spacial score (nSPS) is 12.3. The Morgan fingerprint density at radius 3 is 2.48 bits per heavy atom. The predicted octanol–water partition coefficient (Wildman–Crippen LogP) is 3.81. The van der Waals surface area contributed by atoms with Crippen LogP contribution >= 0.6 is 0 Å². The maximum absolute atomic E-state index is 12.6. The minimum atomic E-state index is -4.59. The van der Waals surface area contributed by atoms with Crippen molar-refractivity contribution in [3.63, 3.8) is 0 Å². The van der Waals surface area contributed by atoms with Gasteiger partial charge >= 0.3 is 6.18 Å². The fourth-order valence-corrected chi connectivity index (χ4v) is 2.25. The molecule has 0 unspecified atom stereocenters. The number of alkyl halides is 3. The third-order valence-electron chi connectivity index (χ3n) is 3.57. The van der Waals surface area contributed by atoms with Crippen molar-refractivity contribution in [3.05, 3.63) is 69.0 Å². The van der Waals surface area contributed by atoms with Gasteiger partial charge in [-0.3, -0.25) is 19.9 Å². The van der Waals surface area contributed by atoms with E-state index < -0.39 is 28.4 Å². The number of nitro groups is 1. The van der Waals surface area contributed by atoms with Gasteiger partial charge in [-0.25, -0.2) is 0 Å². The van der Waals surface area contributed by atoms with Crippen LogP contribution in [0.3, 0.4) is 0 Å². The van der Waals surface area contributed by atoms with Gasteiger partial charge in [0, 0.05) is 23.4 Å². The summed E-state index contributed by atoms with van der Waals surface area (Å²) in [4.78, 5) is 26.4. The minimum Gasteiger partial charge on any atom is -0.292 e. The predicted molar refractivity (Wildman–Crippen MR) is 79.8 cm³/mol. The molecule has 128 valence electrons. The van der Waals surface area contributed by atoms with Crippen LogP contribution in [0, 0.1) is 28.4 Å². The summed E-state index contributed by atoms with van der Waals surface area (Å²) in [6, 6.07) is 7.19. The van der Waals surface area contributed by atoms with E-state index in [2.05, 4.69) is 4.98 Å². The van der Waals surface area contributed by atoms with E-state index in [9.17, 15) is 33.3 Å². The Kier molecular flexibility index (Phi) is 4.83. The number of pyridine rings is 1. The second-order valence-electron chi connectivity index (χ2n) is 5.10. The maximum atomic E-state index is 12.6. The molecule has 2 rings (SSSR count). The zero-order valence-electron chi connectivity index (χ0n) is 12.7. The van der Waals surface area contributed by atoms with Crippen LogP contribution in [0.5, 0.6) is 0 Å². The van der Waals surface area contributed by atoms with Crippen molar-refractivity contribution in [2.45, 2.75) is 19.0 Å². The minimum absolute atomic E-state index is 0.0533. The number of carbonyl (C=O) groups is 1. The average Bonchev–Trinajstić information content (AvgIpc) is 2.55. The summed E-state index contributed by atoms with van der Waals surface area (Å²) in [5.74, 6) is -2.24. The molecule has 0 radical (unpaired) electrons. The van der Waals surface area contributed by atoms with Crippen molar-refractivity contribution in [3.8, 4) is 6.07 Å². The van der Waals surface area contributed by atoms with Crippen LogP contribution in [0.1, 0.15) is 33.1 Å². The van der Waals surface area contributed by atoms with Crippen LogP contribution < -0.4 is 0 Å². The van der Waals surface area contributed by atoms with Gasteiger partial charge in [-0.15, -0.1) is 0 Å². The molecule has 1 heterocycles. The average molecular weight is 349 g/mol. The first-order valence-corrected chi connectivity index (χ1v) is 6.87. The highest BCUT2D eigenvalue weighted by Gasteiger charge is 2.32. The van der Waals surface area contributed by atoms with Crippen LogP contribution in [-0.4, -0.2) is 15.7 Å². The van der Waals surface area contributed by atoms with Gasteiger partial charge in [0.05, 0.1) is 22.2 Å². The standard InChI is InChI=1S/C16H10F3N3O3/c1-9-11(3-2-4-14(9)22(24)25)15(23)12(7-20)13-6-5-10(8-21-13)16(17,18)19/h2-6,8,12H,1H3/t12-/m1/s1. The third-order valence-corrected chi connectivity index (χ3v) is 3.57. The molecular weight excluding hydrogens is 339 g/mol. The Hall–Kier alpha value is -3.28. The van der Waals surface area contributed by atoms with E-state index in [1.54, 1.807) is 6.07 Å². The van der Waals surface area contributed by atoms with E-state index in [0.29, 0.717) is 6.20 Å². The monoisotopic (exact) mass is 349 g/mol. The van der Waals surface area contributed by atoms with E-state index in [1.165, 1.54) is 25.1 Å². The summed E-state index contributed by atoms with van der Waals surface area (Å²) in [5.41, 5.74) is -1.44. The largest absolute Gasteiger partial charge is 0.417 e. The van der Waals surface area contributed by atoms with Gasteiger partial charge in [0.1, 0.15) is 0 Å². The summed E-state index contributed by atoms with van der Waals surface area (Å²) in [7, 11) is 0. The lowest BCUT2D eigenvalue weighted by atomic mass is 9.92. The first-order chi connectivity index (χ1) is 11.7. The lowest BCUT2D eigenvalue weighted by molar-refractivity contribution is -0.385. The maximum Gasteiger partial charge on any atom is 0.417 e. The van der Waals surface area contributed by atoms with E-state index >= 15 is 0 Å². The van der Waals surface area contributed by atoms with Crippen LogP contribution in [0.2, 0.25) is 0 Å². The number of nitriles is 1. The van der Waals surface area contributed by atoms with Gasteiger partial charge in [-0.2, -0.15) is 18.4 Å². The number of carbonyl (C=O) groups excluding carboxylic acids is 1. The third kappa shape index (κ3) is 3.63. The Morgan fingerprint density at radius 2 is 2.00 bits per heavy atom. The Balaban J connectivity index is 2.42. The molecule has 0 saturated carbocycles. The number of Topliss-reactive ketones (excluding diaryl/α,β-unsaturated/α-hetero) is 1. The van der Waals surface area contributed by atoms with Crippen LogP contribution in [-0.2, 0) is 6.18 Å². The van der Waals surface area contributed by atoms with Gasteiger partial charge in [0.15, 0.2) is 11.7 Å². The molecule has 1 aromatic heterocycles. The summed E-state index contributed by atoms with van der Waals surface area (Å²) in [6.07, 6.45) is -4.05. The van der Waals surface area contributed by atoms with Crippen molar-refractivity contribution >= 4 is 11.5 Å². The zero-order valence-corrected chi connectivity index (χ0v) is 12.7. The Morgan fingerprint density at radius 1 is 1.32 bits per heavy atom. The van der Waals surface area contributed by atoms with E-state index in [-0.39, 0.29) is 22.5 Å². The molecule has 0 aliphatic carbocycles. The molecule has 1 atom stereocenters. The summed E-state index contributed by atoms with van der Waals surface area (Å²) in [5, 5.41) is 20.2. The molecule has 0 aliphatic heterocycles. The van der Waals surface area contributed by atoms with Crippen molar-refractivity contribution in [2.24, 2.45) is 0 Å². The summed E-state index contributed by atoms with van der Waals surface area (Å²) < 4.78 is 37.7. The number of hydrogen-bond donors (Lipinski definition) is 0. The molecule has 6 nitrogen and oxygen atoms in total. The number of halogens is 3. The number of rotatable bonds is 4. The van der Waals surface area contributed by atoms with E-state index in [4.69, 9.17) is 0 Å². The molecular formula is C16H10F3N3O3. The Bertz CT molecular complexity index is 871. The van der Waals surface area contributed by atoms with Gasteiger partial charge in [-0.1, -0.05) is 12.1 Å². The number of nitrogens with zero attached hydrogens (tertiary/aromatic N) is 3. The molecule has 1 aromatic carbocycles. The lowest BCUT2D eigenvalue weighted by Crippen LogP contribution is -2.15. The topological polar surface area (TPSA) is 96.9 Å². The number of ketones is 1. The van der Waals surface area contributed by atoms with Crippen molar-refractivity contribution in [2.75, 3.05) is 0 Å².